The predicted octanol–water partition coefficient (Wildman–Crippen LogP) is 2.73. The van der Waals surface area contributed by atoms with Gasteiger partial charge in [-0.05, 0) is 17.7 Å². The standard InChI is InChI=1S/C18H13N3O2/c22-17-14-8-4-5-9-15(14)18(23)21(17)16-10-11-20(19-16)12-13-6-2-1-3-7-13/h1-11H,12H2. The molecule has 1 aliphatic heterocycles. The van der Waals surface area contributed by atoms with Gasteiger partial charge in [-0.2, -0.15) is 5.10 Å². The molecule has 1 aliphatic rings. The fourth-order valence-corrected chi connectivity index (χ4v) is 2.73. The highest BCUT2D eigenvalue weighted by Crippen LogP contribution is 2.26. The highest BCUT2D eigenvalue weighted by Gasteiger charge is 2.37. The summed E-state index contributed by atoms with van der Waals surface area (Å²) in [7, 11) is 0. The Morgan fingerprint density at radius 2 is 1.39 bits per heavy atom. The van der Waals surface area contributed by atoms with Gasteiger partial charge < -0.3 is 0 Å². The van der Waals surface area contributed by atoms with Gasteiger partial charge in [0.15, 0.2) is 5.82 Å². The molecule has 5 nitrogen and oxygen atoms in total. The maximum absolute atomic E-state index is 12.4. The van der Waals surface area contributed by atoms with E-state index in [9.17, 15) is 9.59 Å². The van der Waals surface area contributed by atoms with Crippen LogP contribution in [0.1, 0.15) is 26.3 Å². The molecule has 0 saturated heterocycles. The summed E-state index contributed by atoms with van der Waals surface area (Å²) in [4.78, 5) is 26.0. The molecule has 112 valence electrons. The molecule has 1 aromatic heterocycles. The molecule has 3 aromatic rings. The number of anilines is 1. The van der Waals surface area contributed by atoms with Crippen molar-refractivity contribution in [1.82, 2.24) is 9.78 Å². The lowest BCUT2D eigenvalue weighted by atomic mass is 10.1. The minimum atomic E-state index is -0.324. The minimum absolute atomic E-state index is 0.324. The van der Waals surface area contributed by atoms with E-state index in [2.05, 4.69) is 5.10 Å². The van der Waals surface area contributed by atoms with Gasteiger partial charge in [0.25, 0.3) is 11.8 Å². The smallest absolute Gasteiger partial charge is 0.267 e. The lowest BCUT2D eigenvalue weighted by molar-refractivity contribution is 0.0925. The molecule has 2 heterocycles. The van der Waals surface area contributed by atoms with Crippen LogP contribution in [0.15, 0.2) is 66.9 Å². The van der Waals surface area contributed by atoms with Crippen molar-refractivity contribution in [1.29, 1.82) is 0 Å². The summed E-state index contributed by atoms with van der Waals surface area (Å²) in [5.74, 6) is -0.293. The predicted molar refractivity (Wildman–Crippen MR) is 85.4 cm³/mol. The summed E-state index contributed by atoms with van der Waals surface area (Å²) >= 11 is 0. The summed E-state index contributed by atoms with van der Waals surface area (Å²) in [5, 5.41) is 4.37. The third kappa shape index (κ3) is 2.23. The second-order valence-corrected chi connectivity index (χ2v) is 5.35. The van der Waals surface area contributed by atoms with Crippen LogP contribution in [0.4, 0.5) is 5.82 Å². The maximum Gasteiger partial charge on any atom is 0.267 e. The third-order valence-corrected chi connectivity index (χ3v) is 3.84. The lowest BCUT2D eigenvalue weighted by Gasteiger charge is -2.09. The van der Waals surface area contributed by atoms with Gasteiger partial charge in [0.05, 0.1) is 17.7 Å². The van der Waals surface area contributed by atoms with Crippen LogP contribution in [0.25, 0.3) is 0 Å². The van der Waals surface area contributed by atoms with Gasteiger partial charge in [-0.25, -0.2) is 4.90 Å². The zero-order valence-corrected chi connectivity index (χ0v) is 12.2. The van der Waals surface area contributed by atoms with Gasteiger partial charge in [0, 0.05) is 12.3 Å². The van der Waals surface area contributed by atoms with Crippen molar-refractivity contribution in [3.05, 3.63) is 83.6 Å². The van der Waals surface area contributed by atoms with E-state index in [-0.39, 0.29) is 11.8 Å². The number of hydrogen-bond donors (Lipinski definition) is 0. The fourth-order valence-electron chi connectivity index (χ4n) is 2.73. The summed E-state index contributed by atoms with van der Waals surface area (Å²) in [5.41, 5.74) is 1.95. The summed E-state index contributed by atoms with van der Waals surface area (Å²) < 4.78 is 1.72. The summed E-state index contributed by atoms with van der Waals surface area (Å²) in [6.45, 7) is 0.587. The van der Waals surface area contributed by atoms with Gasteiger partial charge in [-0.15, -0.1) is 0 Å². The Bertz CT molecular complexity index is 864. The molecule has 5 heteroatoms. The van der Waals surface area contributed by atoms with Crippen LogP contribution in [-0.2, 0) is 6.54 Å². The molecular formula is C18H13N3O2. The zero-order chi connectivity index (χ0) is 15.8. The Morgan fingerprint density at radius 3 is 2.04 bits per heavy atom. The van der Waals surface area contributed by atoms with Crippen molar-refractivity contribution in [2.45, 2.75) is 6.54 Å². The molecule has 0 bridgehead atoms. The van der Waals surface area contributed by atoms with E-state index in [1.165, 1.54) is 0 Å². The van der Waals surface area contributed by atoms with E-state index in [1.807, 2.05) is 30.3 Å². The van der Waals surface area contributed by atoms with Crippen LogP contribution in [0.3, 0.4) is 0 Å². The SMILES string of the molecule is O=C1c2ccccc2C(=O)N1c1ccn(Cc2ccccc2)n1. The number of fused-ring (bicyclic) bond motifs is 1. The van der Waals surface area contributed by atoms with Crippen molar-refractivity contribution in [2.75, 3.05) is 4.90 Å². The Hall–Kier alpha value is -3.21. The zero-order valence-electron chi connectivity index (χ0n) is 12.2. The molecule has 0 atom stereocenters. The Balaban J connectivity index is 1.63. The molecule has 23 heavy (non-hydrogen) atoms. The lowest BCUT2D eigenvalue weighted by Crippen LogP contribution is -2.29. The van der Waals surface area contributed by atoms with E-state index in [1.54, 1.807) is 41.2 Å². The first-order chi connectivity index (χ1) is 11.2. The molecule has 4 rings (SSSR count). The second-order valence-electron chi connectivity index (χ2n) is 5.35. The minimum Gasteiger partial charge on any atom is -0.268 e. The normalized spacial score (nSPS) is 13.5. The molecule has 0 unspecified atom stereocenters. The number of nitrogens with zero attached hydrogens (tertiary/aromatic N) is 3. The number of carbonyl (C=O) groups excluding carboxylic acids is 2. The van der Waals surface area contributed by atoms with Gasteiger partial charge in [-0.1, -0.05) is 42.5 Å². The van der Waals surface area contributed by atoms with Gasteiger partial charge in [0.1, 0.15) is 0 Å². The van der Waals surface area contributed by atoms with Crippen LogP contribution < -0.4 is 4.90 Å². The molecular weight excluding hydrogens is 290 g/mol. The van der Waals surface area contributed by atoms with Crippen LogP contribution in [0.2, 0.25) is 0 Å². The molecule has 0 N–H and O–H groups in total. The average Bonchev–Trinajstić information content (AvgIpc) is 3.12. The number of aromatic nitrogens is 2. The first kappa shape index (κ1) is 13.5. The highest BCUT2D eigenvalue weighted by atomic mass is 16.2. The molecule has 0 fully saturated rings. The van der Waals surface area contributed by atoms with Gasteiger partial charge in [0.2, 0.25) is 0 Å². The Morgan fingerprint density at radius 1 is 0.783 bits per heavy atom. The monoisotopic (exact) mass is 303 g/mol. The van der Waals surface area contributed by atoms with Crippen LogP contribution in [-0.4, -0.2) is 21.6 Å². The number of hydrogen-bond acceptors (Lipinski definition) is 3. The number of amides is 2. The van der Waals surface area contributed by atoms with Crippen molar-refractivity contribution >= 4 is 17.6 Å². The molecule has 2 aromatic carbocycles. The molecule has 2 amide bonds. The first-order valence-electron chi connectivity index (χ1n) is 7.29. The van der Waals surface area contributed by atoms with Crippen molar-refractivity contribution in [3.8, 4) is 0 Å². The van der Waals surface area contributed by atoms with E-state index < -0.39 is 0 Å². The van der Waals surface area contributed by atoms with E-state index >= 15 is 0 Å². The molecule has 0 spiro atoms. The van der Waals surface area contributed by atoms with Crippen LogP contribution >= 0.6 is 0 Å². The number of benzene rings is 2. The van der Waals surface area contributed by atoms with Gasteiger partial charge in [-0.3, -0.25) is 14.3 Å². The Labute approximate surface area is 132 Å². The number of imide groups is 1. The average molecular weight is 303 g/mol. The fraction of sp³-hybridized carbons (Fsp3) is 0.0556. The molecule has 0 aliphatic carbocycles. The quantitative estimate of drug-likeness (QED) is 0.699. The topological polar surface area (TPSA) is 55.2 Å². The van der Waals surface area contributed by atoms with E-state index in [0.29, 0.717) is 23.5 Å². The Kier molecular flexibility index (Phi) is 3.05. The highest BCUT2D eigenvalue weighted by molar-refractivity contribution is 6.34. The number of carbonyl (C=O) groups is 2. The maximum atomic E-state index is 12.4. The summed E-state index contributed by atoms with van der Waals surface area (Å²) in [6, 6.07) is 18.4. The number of rotatable bonds is 3. The van der Waals surface area contributed by atoms with Gasteiger partial charge >= 0.3 is 0 Å². The van der Waals surface area contributed by atoms with Crippen LogP contribution in [0, 0.1) is 0 Å². The molecule has 0 saturated carbocycles. The van der Waals surface area contributed by atoms with E-state index in [4.69, 9.17) is 0 Å². The van der Waals surface area contributed by atoms with E-state index in [0.717, 1.165) is 10.5 Å². The summed E-state index contributed by atoms with van der Waals surface area (Å²) in [6.07, 6.45) is 1.77. The van der Waals surface area contributed by atoms with Crippen molar-refractivity contribution in [3.63, 3.8) is 0 Å². The van der Waals surface area contributed by atoms with Crippen molar-refractivity contribution in [2.24, 2.45) is 0 Å². The largest absolute Gasteiger partial charge is 0.268 e. The second kappa shape index (κ2) is 5.21. The van der Waals surface area contributed by atoms with Crippen molar-refractivity contribution < 1.29 is 9.59 Å². The first-order valence-corrected chi connectivity index (χ1v) is 7.29. The molecule has 0 radical (unpaired) electrons. The van der Waals surface area contributed by atoms with Crippen LogP contribution in [0.5, 0.6) is 0 Å². The third-order valence-electron chi connectivity index (χ3n) is 3.84.